The van der Waals surface area contributed by atoms with E-state index in [1.54, 1.807) is 11.3 Å². The molecule has 3 rings (SSSR count). The van der Waals surface area contributed by atoms with Crippen molar-refractivity contribution in [1.29, 1.82) is 0 Å². The number of fused-ring (bicyclic) bond motifs is 1. The van der Waals surface area contributed by atoms with E-state index in [2.05, 4.69) is 16.4 Å². The lowest BCUT2D eigenvalue weighted by molar-refractivity contribution is -0.118. The third kappa shape index (κ3) is 2.60. The van der Waals surface area contributed by atoms with Crippen molar-refractivity contribution in [3.8, 4) is 0 Å². The number of rotatable bonds is 2. The number of nitrogens with zero attached hydrogens (tertiary/aromatic N) is 1. The van der Waals surface area contributed by atoms with Crippen molar-refractivity contribution < 1.29 is 4.79 Å². The van der Waals surface area contributed by atoms with Gasteiger partial charge in [-0.1, -0.05) is 29.5 Å². The minimum absolute atomic E-state index is 0.0167. The van der Waals surface area contributed by atoms with Gasteiger partial charge in [-0.3, -0.25) is 4.79 Å². The first kappa shape index (κ1) is 13.6. The van der Waals surface area contributed by atoms with Crippen LogP contribution in [0, 0.1) is 0 Å². The second-order valence-corrected chi connectivity index (χ2v) is 7.96. The highest BCUT2D eigenvalue weighted by molar-refractivity contribution is 8.05. The number of carbonyl (C=O) groups excluding carboxylic acids is 1. The number of hydrogen-bond donors (Lipinski definition) is 1. The molecule has 0 atom stereocenters. The highest BCUT2D eigenvalue weighted by atomic mass is 32.2. The van der Waals surface area contributed by atoms with Crippen LogP contribution >= 0.6 is 23.1 Å². The van der Waals surface area contributed by atoms with Crippen LogP contribution in [0.3, 0.4) is 0 Å². The van der Waals surface area contributed by atoms with Crippen LogP contribution in [0.5, 0.6) is 0 Å². The highest BCUT2D eigenvalue weighted by Gasteiger charge is 2.31. The van der Waals surface area contributed by atoms with Gasteiger partial charge in [-0.25, -0.2) is 4.98 Å². The number of aromatic nitrogens is 1. The Bertz CT molecular complexity index is 682. The molecule has 1 aliphatic rings. The molecule has 0 aliphatic carbocycles. The van der Waals surface area contributed by atoms with Gasteiger partial charge in [0.25, 0.3) is 5.91 Å². The van der Waals surface area contributed by atoms with Crippen molar-refractivity contribution in [1.82, 2.24) is 10.3 Å². The second-order valence-electron chi connectivity index (χ2n) is 5.67. The quantitative estimate of drug-likeness (QED) is 0.913. The van der Waals surface area contributed by atoms with Crippen molar-refractivity contribution in [2.24, 2.45) is 0 Å². The summed E-state index contributed by atoms with van der Waals surface area (Å²) in [7, 11) is 0. The molecule has 0 saturated carbocycles. The highest BCUT2D eigenvalue weighted by Crippen LogP contribution is 2.38. The minimum atomic E-state index is -0.154. The first-order valence-corrected chi connectivity index (χ1v) is 8.14. The van der Waals surface area contributed by atoms with E-state index in [9.17, 15) is 4.79 Å². The lowest BCUT2D eigenvalue weighted by Gasteiger charge is -2.32. The summed E-state index contributed by atoms with van der Waals surface area (Å²) < 4.78 is 2.08. The molecule has 20 heavy (non-hydrogen) atoms. The summed E-state index contributed by atoms with van der Waals surface area (Å²) in [6, 6.07) is 8.05. The first-order valence-electron chi connectivity index (χ1n) is 6.50. The molecule has 2 aromatic rings. The minimum Gasteiger partial charge on any atom is -0.346 e. The summed E-state index contributed by atoms with van der Waals surface area (Å²) in [5, 5.41) is 3.05. The Morgan fingerprint density at radius 3 is 2.80 bits per heavy atom. The number of para-hydroxylation sites is 1. The first-order chi connectivity index (χ1) is 9.44. The van der Waals surface area contributed by atoms with Crippen LogP contribution in [0.25, 0.3) is 10.2 Å². The average molecular weight is 304 g/mol. The van der Waals surface area contributed by atoms with Gasteiger partial charge in [-0.2, -0.15) is 0 Å². The van der Waals surface area contributed by atoms with E-state index in [-0.39, 0.29) is 11.4 Å². The summed E-state index contributed by atoms with van der Waals surface area (Å²) in [6.07, 6.45) is 0.881. The number of amides is 1. The van der Waals surface area contributed by atoms with E-state index in [0.29, 0.717) is 0 Å². The molecule has 1 N–H and O–H groups in total. The van der Waals surface area contributed by atoms with Crippen LogP contribution in [0.1, 0.15) is 27.2 Å². The van der Waals surface area contributed by atoms with Crippen molar-refractivity contribution in [3.63, 3.8) is 0 Å². The van der Waals surface area contributed by atoms with Gasteiger partial charge in [0.2, 0.25) is 0 Å². The monoisotopic (exact) mass is 304 g/mol. The van der Waals surface area contributed by atoms with Gasteiger partial charge < -0.3 is 5.32 Å². The van der Waals surface area contributed by atoms with E-state index in [1.165, 1.54) is 11.8 Å². The number of nitrogens with one attached hydrogen (secondary N) is 1. The zero-order valence-corrected chi connectivity index (χ0v) is 13.3. The number of carbonyl (C=O) groups is 1. The Balaban J connectivity index is 1.92. The van der Waals surface area contributed by atoms with E-state index in [1.807, 2.05) is 39.0 Å². The molecule has 0 spiro atoms. The summed E-state index contributed by atoms with van der Waals surface area (Å²) in [5.74, 6) is 0.0167. The SMILES string of the molecule is CC1=C(Sc2nc3ccccc3s2)C(=O)NC(C)(C)C1. The predicted molar refractivity (Wildman–Crippen MR) is 85.0 cm³/mol. The fourth-order valence-electron chi connectivity index (χ4n) is 2.46. The molecule has 0 bridgehead atoms. The normalized spacial score (nSPS) is 18.4. The molecule has 1 aliphatic heterocycles. The second kappa shape index (κ2) is 4.90. The molecule has 0 fully saturated rings. The van der Waals surface area contributed by atoms with Crippen molar-refractivity contribution in [2.75, 3.05) is 0 Å². The van der Waals surface area contributed by atoms with Gasteiger partial charge in [0.15, 0.2) is 4.34 Å². The zero-order valence-electron chi connectivity index (χ0n) is 11.7. The number of benzene rings is 1. The van der Waals surface area contributed by atoms with Crippen LogP contribution in [-0.4, -0.2) is 16.4 Å². The maximum Gasteiger partial charge on any atom is 0.258 e. The molecular formula is C15H16N2OS2. The van der Waals surface area contributed by atoms with Crippen LogP contribution in [-0.2, 0) is 4.79 Å². The molecule has 0 unspecified atom stereocenters. The van der Waals surface area contributed by atoms with Gasteiger partial charge in [-0.15, -0.1) is 11.3 Å². The molecule has 1 aromatic heterocycles. The Morgan fingerprint density at radius 1 is 1.35 bits per heavy atom. The van der Waals surface area contributed by atoms with E-state index in [4.69, 9.17) is 0 Å². The van der Waals surface area contributed by atoms with E-state index >= 15 is 0 Å². The Kier molecular flexibility index (Phi) is 3.34. The van der Waals surface area contributed by atoms with Gasteiger partial charge in [-0.05, 0) is 39.3 Å². The summed E-state index contributed by atoms with van der Waals surface area (Å²) in [4.78, 5) is 17.6. The van der Waals surface area contributed by atoms with Gasteiger partial charge >= 0.3 is 0 Å². The van der Waals surface area contributed by atoms with Gasteiger partial charge in [0.05, 0.1) is 15.1 Å². The largest absolute Gasteiger partial charge is 0.346 e. The predicted octanol–water partition coefficient (Wildman–Crippen LogP) is 3.96. The third-order valence-electron chi connectivity index (χ3n) is 3.22. The molecule has 1 aromatic carbocycles. The molecular weight excluding hydrogens is 288 g/mol. The smallest absolute Gasteiger partial charge is 0.258 e. The molecule has 5 heteroatoms. The Hall–Kier alpha value is -1.33. The molecule has 2 heterocycles. The topological polar surface area (TPSA) is 42.0 Å². The number of thiazole rings is 1. The van der Waals surface area contributed by atoms with Crippen molar-refractivity contribution in [2.45, 2.75) is 37.1 Å². The van der Waals surface area contributed by atoms with Crippen LogP contribution in [0.15, 0.2) is 39.1 Å². The Morgan fingerprint density at radius 2 is 2.10 bits per heavy atom. The molecule has 3 nitrogen and oxygen atoms in total. The summed E-state index contributed by atoms with van der Waals surface area (Å²) >= 11 is 3.11. The van der Waals surface area contributed by atoms with Crippen molar-refractivity contribution in [3.05, 3.63) is 34.7 Å². The van der Waals surface area contributed by atoms with Gasteiger partial charge in [0, 0.05) is 5.54 Å². The molecule has 104 valence electrons. The maximum atomic E-state index is 12.2. The fraction of sp³-hybridized carbons (Fsp3) is 0.333. The Labute approximate surface area is 126 Å². The van der Waals surface area contributed by atoms with E-state index < -0.39 is 0 Å². The van der Waals surface area contributed by atoms with E-state index in [0.717, 1.165) is 31.5 Å². The fourth-order valence-corrected chi connectivity index (χ4v) is 4.55. The summed E-state index contributed by atoms with van der Waals surface area (Å²) in [5.41, 5.74) is 1.98. The number of thioether (sulfide) groups is 1. The molecule has 0 saturated heterocycles. The van der Waals surface area contributed by atoms with Gasteiger partial charge in [0.1, 0.15) is 0 Å². The zero-order chi connectivity index (χ0) is 14.3. The lowest BCUT2D eigenvalue weighted by Crippen LogP contribution is -2.47. The number of hydrogen-bond acceptors (Lipinski definition) is 4. The summed E-state index contributed by atoms with van der Waals surface area (Å²) in [6.45, 7) is 6.14. The van der Waals surface area contributed by atoms with Crippen LogP contribution in [0.2, 0.25) is 0 Å². The standard InChI is InChI=1S/C15H16N2OS2/c1-9-8-15(2,3)17-13(18)12(9)20-14-16-10-6-4-5-7-11(10)19-14/h4-7H,8H2,1-3H3,(H,17,18). The van der Waals surface area contributed by atoms with Crippen LogP contribution in [0.4, 0.5) is 0 Å². The lowest BCUT2D eigenvalue weighted by atomic mass is 9.92. The average Bonchev–Trinajstić information content (AvgIpc) is 2.75. The third-order valence-corrected chi connectivity index (χ3v) is 5.55. The molecule has 0 radical (unpaired) electrons. The van der Waals surface area contributed by atoms with Crippen LogP contribution < -0.4 is 5.32 Å². The van der Waals surface area contributed by atoms with Crippen molar-refractivity contribution >= 4 is 39.2 Å². The molecule has 1 amide bonds. The maximum absolute atomic E-state index is 12.2.